The Morgan fingerprint density at radius 2 is 2.00 bits per heavy atom. The molecule has 1 aliphatic heterocycles. The molecule has 1 aromatic heterocycles. The van der Waals surface area contributed by atoms with Gasteiger partial charge in [0.25, 0.3) is 10.1 Å². The SMILES string of the molecule is C.CS(=O)(=O)O.N=C(N)C1=Cc2ccc(OC(=O)c3ccco3)cc2OC1. The summed E-state index contributed by atoms with van der Waals surface area (Å²) in [5.74, 6) is 0.469. The summed E-state index contributed by atoms with van der Waals surface area (Å²) in [5.41, 5.74) is 6.82. The van der Waals surface area contributed by atoms with Gasteiger partial charge in [-0.3, -0.25) is 9.96 Å². The minimum atomic E-state index is -3.67. The average molecular weight is 396 g/mol. The number of furan rings is 1. The molecule has 0 saturated carbocycles. The van der Waals surface area contributed by atoms with Gasteiger partial charge in [-0.25, -0.2) is 4.79 Å². The second-order valence-electron chi connectivity index (χ2n) is 5.17. The molecule has 0 bridgehead atoms. The van der Waals surface area contributed by atoms with Crippen LogP contribution < -0.4 is 15.2 Å². The van der Waals surface area contributed by atoms with Gasteiger partial charge < -0.3 is 19.6 Å². The molecule has 0 saturated heterocycles. The van der Waals surface area contributed by atoms with Gasteiger partial charge in [-0.15, -0.1) is 0 Å². The summed E-state index contributed by atoms with van der Waals surface area (Å²) in [6.45, 7) is 0.220. The van der Waals surface area contributed by atoms with Gasteiger partial charge in [0.15, 0.2) is 0 Å². The van der Waals surface area contributed by atoms with Gasteiger partial charge in [-0.2, -0.15) is 8.42 Å². The van der Waals surface area contributed by atoms with E-state index in [1.54, 1.807) is 30.3 Å². The number of esters is 1. The molecule has 2 heterocycles. The van der Waals surface area contributed by atoms with Gasteiger partial charge in [0.05, 0.1) is 12.5 Å². The molecule has 1 aromatic carbocycles. The summed E-state index contributed by atoms with van der Waals surface area (Å²) in [5, 5.41) is 7.39. The van der Waals surface area contributed by atoms with E-state index in [1.165, 1.54) is 12.3 Å². The van der Waals surface area contributed by atoms with E-state index in [9.17, 15) is 13.2 Å². The molecule has 0 spiro atoms. The summed E-state index contributed by atoms with van der Waals surface area (Å²) >= 11 is 0. The smallest absolute Gasteiger partial charge is 0.379 e. The zero-order chi connectivity index (χ0) is 19.3. The molecular weight excluding hydrogens is 376 g/mol. The van der Waals surface area contributed by atoms with Crippen LogP contribution in [0, 0.1) is 5.41 Å². The maximum absolute atomic E-state index is 11.8. The highest BCUT2D eigenvalue weighted by molar-refractivity contribution is 7.85. The first-order valence-corrected chi connectivity index (χ1v) is 8.98. The lowest BCUT2D eigenvalue weighted by Crippen LogP contribution is -2.20. The van der Waals surface area contributed by atoms with E-state index in [0.717, 1.165) is 5.56 Å². The second-order valence-corrected chi connectivity index (χ2v) is 6.64. The van der Waals surface area contributed by atoms with Crippen molar-refractivity contribution in [3.8, 4) is 11.5 Å². The van der Waals surface area contributed by atoms with E-state index in [2.05, 4.69) is 0 Å². The third kappa shape index (κ3) is 6.96. The van der Waals surface area contributed by atoms with Crippen LogP contribution in [0.2, 0.25) is 0 Å². The number of hydrogen-bond acceptors (Lipinski definition) is 7. The molecule has 0 radical (unpaired) electrons. The van der Waals surface area contributed by atoms with Gasteiger partial charge in [-0.1, -0.05) is 7.43 Å². The third-order valence-electron chi connectivity index (χ3n) is 2.98. The van der Waals surface area contributed by atoms with Crippen molar-refractivity contribution in [3.05, 3.63) is 53.5 Å². The number of rotatable bonds is 3. The maximum Gasteiger partial charge on any atom is 0.379 e. The number of fused-ring (bicyclic) bond motifs is 1. The molecule has 3 rings (SSSR count). The van der Waals surface area contributed by atoms with Crippen molar-refractivity contribution in [2.75, 3.05) is 12.9 Å². The van der Waals surface area contributed by atoms with Crippen molar-refractivity contribution in [3.63, 3.8) is 0 Å². The lowest BCUT2D eigenvalue weighted by Gasteiger charge is -2.17. The summed E-state index contributed by atoms with van der Waals surface area (Å²) < 4.78 is 41.5. The largest absolute Gasteiger partial charge is 0.488 e. The number of carbonyl (C=O) groups excluding carboxylic acids is 1. The van der Waals surface area contributed by atoms with Crippen LogP contribution in [-0.4, -0.2) is 37.6 Å². The Balaban J connectivity index is 0.000000542. The number of benzene rings is 1. The minimum absolute atomic E-state index is 0. The fraction of sp³-hybridized carbons (Fsp3) is 0.176. The highest BCUT2D eigenvalue weighted by atomic mass is 32.2. The zero-order valence-electron chi connectivity index (χ0n) is 13.6. The van der Waals surface area contributed by atoms with Crippen LogP contribution in [0.1, 0.15) is 23.5 Å². The first-order chi connectivity index (χ1) is 12.1. The summed E-state index contributed by atoms with van der Waals surface area (Å²) in [6, 6.07) is 8.13. The van der Waals surface area contributed by atoms with E-state index < -0.39 is 16.1 Å². The Kier molecular flexibility index (Phi) is 7.32. The third-order valence-corrected chi connectivity index (χ3v) is 2.98. The van der Waals surface area contributed by atoms with E-state index in [4.69, 9.17) is 29.6 Å². The highest BCUT2D eigenvalue weighted by Crippen LogP contribution is 2.30. The average Bonchev–Trinajstić information content (AvgIpc) is 3.07. The summed E-state index contributed by atoms with van der Waals surface area (Å²) in [7, 11) is -3.67. The molecule has 1 aliphatic rings. The molecule has 0 amide bonds. The van der Waals surface area contributed by atoms with Crippen molar-refractivity contribution >= 4 is 28.0 Å². The first-order valence-electron chi connectivity index (χ1n) is 7.13. The predicted octanol–water partition coefficient (Wildman–Crippen LogP) is 2.35. The Bertz CT molecular complexity index is 940. The fourth-order valence-electron chi connectivity index (χ4n) is 1.91. The van der Waals surface area contributed by atoms with E-state index >= 15 is 0 Å². The molecule has 0 fully saturated rings. The van der Waals surface area contributed by atoms with E-state index in [-0.39, 0.29) is 25.6 Å². The van der Waals surface area contributed by atoms with Crippen LogP contribution in [0.25, 0.3) is 6.08 Å². The Labute approximate surface area is 156 Å². The van der Waals surface area contributed by atoms with Gasteiger partial charge in [0, 0.05) is 17.2 Å². The maximum atomic E-state index is 11.8. The number of hydrogen-bond donors (Lipinski definition) is 3. The molecule has 2 aromatic rings. The van der Waals surface area contributed by atoms with Gasteiger partial charge in [0.1, 0.15) is 23.9 Å². The van der Waals surface area contributed by atoms with Gasteiger partial charge in [-0.05, 0) is 30.3 Å². The van der Waals surface area contributed by atoms with E-state index in [1.807, 2.05) is 0 Å². The van der Waals surface area contributed by atoms with E-state index in [0.29, 0.717) is 23.3 Å². The van der Waals surface area contributed by atoms with Crippen LogP contribution in [0.15, 0.2) is 46.6 Å². The Hall–Kier alpha value is -3.11. The molecule has 9 nitrogen and oxygen atoms in total. The first kappa shape index (κ1) is 21.9. The summed E-state index contributed by atoms with van der Waals surface area (Å²) in [4.78, 5) is 11.8. The molecule has 0 aliphatic carbocycles. The zero-order valence-corrected chi connectivity index (χ0v) is 14.4. The number of nitrogens with one attached hydrogen (secondary N) is 1. The highest BCUT2D eigenvalue weighted by Gasteiger charge is 2.16. The monoisotopic (exact) mass is 396 g/mol. The lowest BCUT2D eigenvalue weighted by molar-refractivity contribution is 0.0701. The van der Waals surface area contributed by atoms with Crippen molar-refractivity contribution < 1.29 is 31.7 Å². The van der Waals surface area contributed by atoms with Crippen LogP contribution in [0.5, 0.6) is 11.5 Å². The van der Waals surface area contributed by atoms with Crippen LogP contribution in [-0.2, 0) is 10.1 Å². The van der Waals surface area contributed by atoms with Crippen LogP contribution in [0.4, 0.5) is 0 Å². The molecule has 0 unspecified atom stereocenters. The van der Waals surface area contributed by atoms with Gasteiger partial charge in [0.2, 0.25) is 5.76 Å². The number of ether oxygens (including phenoxy) is 2. The number of amidine groups is 1. The predicted molar refractivity (Wildman–Crippen MR) is 99.7 cm³/mol. The van der Waals surface area contributed by atoms with Crippen molar-refractivity contribution in [1.82, 2.24) is 0 Å². The molecule has 0 atom stereocenters. The molecular formula is C17H20N2O7S. The van der Waals surface area contributed by atoms with Crippen molar-refractivity contribution in [1.29, 1.82) is 5.41 Å². The molecule has 146 valence electrons. The molecule has 10 heteroatoms. The van der Waals surface area contributed by atoms with Gasteiger partial charge >= 0.3 is 5.97 Å². The number of nitrogens with two attached hydrogens (primary N) is 1. The Morgan fingerprint density at radius 3 is 2.56 bits per heavy atom. The topological polar surface area (TPSA) is 153 Å². The van der Waals surface area contributed by atoms with Crippen molar-refractivity contribution in [2.45, 2.75) is 7.43 Å². The minimum Gasteiger partial charge on any atom is -0.488 e. The fourth-order valence-corrected chi connectivity index (χ4v) is 1.91. The molecule has 27 heavy (non-hydrogen) atoms. The second kappa shape index (κ2) is 9.01. The van der Waals surface area contributed by atoms with Crippen LogP contribution in [0.3, 0.4) is 0 Å². The standard InChI is InChI=1S/C15H12N2O4.CH4O3S.CH4/c16-14(17)10-6-9-3-4-11(7-13(9)20-8-10)21-15(18)12-2-1-5-19-12;1-5(2,3)4;/h1-7H,8H2,(H3,16,17);1H3,(H,2,3,4);1H4. The summed E-state index contributed by atoms with van der Waals surface area (Å²) in [6.07, 6.45) is 3.90. The quantitative estimate of drug-likeness (QED) is 0.235. The lowest BCUT2D eigenvalue weighted by atomic mass is 10.1. The van der Waals surface area contributed by atoms with Crippen molar-refractivity contribution in [2.24, 2.45) is 5.73 Å². The molecule has 4 N–H and O–H groups in total. The normalized spacial score (nSPS) is 12.1. The van der Waals surface area contributed by atoms with Crippen LogP contribution >= 0.6 is 0 Å². The Morgan fingerprint density at radius 1 is 1.33 bits per heavy atom. The number of carbonyl (C=O) groups is 1.